The summed E-state index contributed by atoms with van der Waals surface area (Å²) in [5.74, 6) is 1.74. The molecule has 0 aliphatic heterocycles. The SMILES string of the molecule is Cn1c(SCC(=O)NCc2ccco2)nnc1-c1csc2ccccc12. The highest BCUT2D eigenvalue weighted by Crippen LogP contribution is 2.33. The van der Waals surface area contributed by atoms with Crippen LogP contribution in [0.3, 0.4) is 0 Å². The van der Waals surface area contributed by atoms with Crippen LogP contribution in [0.5, 0.6) is 0 Å². The third kappa shape index (κ3) is 3.38. The predicted molar refractivity (Wildman–Crippen MR) is 103 cm³/mol. The molecular weight excluding hydrogens is 368 g/mol. The molecule has 0 aliphatic carbocycles. The number of thioether (sulfide) groups is 1. The molecule has 0 atom stereocenters. The Hall–Kier alpha value is -2.58. The van der Waals surface area contributed by atoms with Gasteiger partial charge in [-0.05, 0) is 18.2 Å². The number of hydrogen-bond acceptors (Lipinski definition) is 6. The average Bonchev–Trinajstić information content (AvgIpc) is 3.38. The molecule has 4 aromatic rings. The summed E-state index contributed by atoms with van der Waals surface area (Å²) in [5, 5.41) is 15.4. The van der Waals surface area contributed by atoms with Crippen molar-refractivity contribution in [3.05, 3.63) is 53.8 Å². The number of nitrogens with zero attached hydrogens (tertiary/aromatic N) is 3. The number of furan rings is 1. The number of nitrogens with one attached hydrogen (secondary N) is 1. The fraction of sp³-hybridized carbons (Fsp3) is 0.167. The zero-order valence-electron chi connectivity index (χ0n) is 14.0. The van der Waals surface area contributed by atoms with Crippen LogP contribution in [0.1, 0.15) is 5.76 Å². The van der Waals surface area contributed by atoms with Crippen LogP contribution in [0.2, 0.25) is 0 Å². The Morgan fingerprint density at radius 3 is 3.00 bits per heavy atom. The number of fused-ring (bicyclic) bond motifs is 1. The van der Waals surface area contributed by atoms with E-state index in [2.05, 4.69) is 33.0 Å². The van der Waals surface area contributed by atoms with Crippen LogP contribution < -0.4 is 5.32 Å². The molecule has 0 saturated carbocycles. The first-order chi connectivity index (χ1) is 12.7. The largest absolute Gasteiger partial charge is 0.467 e. The van der Waals surface area contributed by atoms with Crippen LogP contribution in [0.15, 0.2) is 57.6 Å². The van der Waals surface area contributed by atoms with Crippen LogP contribution in [0, 0.1) is 0 Å². The van der Waals surface area contributed by atoms with Gasteiger partial charge in [-0.25, -0.2) is 0 Å². The van der Waals surface area contributed by atoms with Crippen molar-refractivity contribution in [3.8, 4) is 11.4 Å². The van der Waals surface area contributed by atoms with Crippen molar-refractivity contribution in [2.24, 2.45) is 7.05 Å². The van der Waals surface area contributed by atoms with Gasteiger partial charge in [0.15, 0.2) is 11.0 Å². The van der Waals surface area contributed by atoms with E-state index in [-0.39, 0.29) is 11.7 Å². The topological polar surface area (TPSA) is 73.0 Å². The first-order valence-corrected chi connectivity index (χ1v) is 9.87. The predicted octanol–water partition coefficient (Wildman–Crippen LogP) is 3.70. The molecule has 0 fully saturated rings. The van der Waals surface area contributed by atoms with Crippen molar-refractivity contribution in [1.82, 2.24) is 20.1 Å². The van der Waals surface area contributed by atoms with Crippen molar-refractivity contribution in [3.63, 3.8) is 0 Å². The lowest BCUT2D eigenvalue weighted by Crippen LogP contribution is -2.24. The standard InChI is InChI=1S/C18H16N4O2S2/c1-22-17(14-10-25-15-7-3-2-6-13(14)15)20-21-18(22)26-11-16(23)19-9-12-5-4-8-24-12/h2-8,10H,9,11H2,1H3,(H,19,23). The van der Waals surface area contributed by atoms with Gasteiger partial charge in [-0.3, -0.25) is 4.79 Å². The number of thiophene rings is 1. The fourth-order valence-electron chi connectivity index (χ4n) is 2.61. The molecule has 3 aromatic heterocycles. The molecule has 0 spiro atoms. The second-order valence-corrected chi connectivity index (χ2v) is 7.51. The minimum absolute atomic E-state index is 0.0723. The first kappa shape index (κ1) is 16.9. The minimum atomic E-state index is -0.0723. The number of carbonyl (C=O) groups excluding carboxylic acids is 1. The van der Waals surface area contributed by atoms with Gasteiger partial charge in [-0.2, -0.15) is 0 Å². The Morgan fingerprint density at radius 1 is 1.27 bits per heavy atom. The van der Waals surface area contributed by atoms with E-state index in [9.17, 15) is 4.79 Å². The minimum Gasteiger partial charge on any atom is -0.467 e. The van der Waals surface area contributed by atoms with Crippen molar-refractivity contribution in [1.29, 1.82) is 0 Å². The maximum absolute atomic E-state index is 12.0. The molecule has 3 heterocycles. The lowest BCUT2D eigenvalue weighted by molar-refractivity contribution is -0.118. The number of carbonyl (C=O) groups is 1. The number of aromatic nitrogens is 3. The molecule has 8 heteroatoms. The van der Waals surface area contributed by atoms with Gasteiger partial charge in [0.2, 0.25) is 5.91 Å². The summed E-state index contributed by atoms with van der Waals surface area (Å²) in [6, 6.07) is 11.9. The number of amides is 1. The maximum Gasteiger partial charge on any atom is 0.230 e. The Kier molecular flexibility index (Phi) is 4.77. The number of benzene rings is 1. The lowest BCUT2D eigenvalue weighted by atomic mass is 10.2. The molecule has 1 aromatic carbocycles. The number of rotatable bonds is 6. The van der Waals surface area contributed by atoms with Gasteiger partial charge >= 0.3 is 0 Å². The highest BCUT2D eigenvalue weighted by atomic mass is 32.2. The number of hydrogen-bond donors (Lipinski definition) is 1. The van der Waals surface area contributed by atoms with Crippen molar-refractivity contribution >= 4 is 39.1 Å². The van der Waals surface area contributed by atoms with E-state index in [1.165, 1.54) is 21.8 Å². The second-order valence-electron chi connectivity index (χ2n) is 5.66. The molecule has 0 aliphatic rings. The Labute approximate surface area is 158 Å². The molecule has 1 N–H and O–H groups in total. The van der Waals surface area contributed by atoms with Crippen LogP contribution in [0.4, 0.5) is 0 Å². The summed E-state index contributed by atoms with van der Waals surface area (Å²) in [5.41, 5.74) is 1.06. The van der Waals surface area contributed by atoms with E-state index in [4.69, 9.17) is 4.42 Å². The molecule has 0 radical (unpaired) electrons. The third-order valence-corrected chi connectivity index (χ3v) is 5.91. The lowest BCUT2D eigenvalue weighted by Gasteiger charge is -2.04. The molecule has 0 bridgehead atoms. The van der Waals surface area contributed by atoms with Crippen LogP contribution in [-0.2, 0) is 18.4 Å². The zero-order valence-corrected chi connectivity index (χ0v) is 15.6. The monoisotopic (exact) mass is 384 g/mol. The van der Waals surface area contributed by atoms with Gasteiger partial charge in [-0.1, -0.05) is 30.0 Å². The highest BCUT2D eigenvalue weighted by Gasteiger charge is 2.16. The van der Waals surface area contributed by atoms with Gasteiger partial charge < -0.3 is 14.3 Å². The van der Waals surface area contributed by atoms with Gasteiger partial charge in [0.1, 0.15) is 5.76 Å². The molecule has 6 nitrogen and oxygen atoms in total. The van der Waals surface area contributed by atoms with Gasteiger partial charge in [-0.15, -0.1) is 21.5 Å². The van der Waals surface area contributed by atoms with Gasteiger partial charge in [0.05, 0.1) is 18.6 Å². The zero-order chi connectivity index (χ0) is 17.9. The van der Waals surface area contributed by atoms with E-state index in [1.807, 2.05) is 29.8 Å². The van der Waals surface area contributed by atoms with E-state index < -0.39 is 0 Å². The van der Waals surface area contributed by atoms with Crippen LogP contribution >= 0.6 is 23.1 Å². The van der Waals surface area contributed by atoms with Crippen molar-refractivity contribution in [2.45, 2.75) is 11.7 Å². The normalized spacial score (nSPS) is 11.1. The second kappa shape index (κ2) is 7.35. The summed E-state index contributed by atoms with van der Waals surface area (Å²) >= 11 is 3.06. The molecule has 26 heavy (non-hydrogen) atoms. The van der Waals surface area contributed by atoms with Crippen LogP contribution in [0.25, 0.3) is 21.5 Å². The molecular formula is C18H16N4O2S2. The summed E-state index contributed by atoms with van der Waals surface area (Å²) < 4.78 is 8.35. The smallest absolute Gasteiger partial charge is 0.230 e. The molecule has 0 unspecified atom stereocenters. The van der Waals surface area contributed by atoms with Gasteiger partial charge in [0.25, 0.3) is 0 Å². The third-order valence-electron chi connectivity index (χ3n) is 3.93. The van der Waals surface area contributed by atoms with Crippen molar-refractivity contribution in [2.75, 3.05) is 5.75 Å². The summed E-state index contributed by atoms with van der Waals surface area (Å²) in [6.45, 7) is 0.386. The molecule has 1 amide bonds. The summed E-state index contributed by atoms with van der Waals surface area (Å²) in [4.78, 5) is 12.0. The van der Waals surface area contributed by atoms with E-state index >= 15 is 0 Å². The Bertz CT molecular complexity index is 1040. The molecule has 0 saturated heterocycles. The van der Waals surface area contributed by atoms with E-state index in [1.54, 1.807) is 23.7 Å². The average molecular weight is 384 g/mol. The quantitative estimate of drug-likeness (QED) is 0.513. The van der Waals surface area contributed by atoms with Crippen molar-refractivity contribution < 1.29 is 9.21 Å². The summed E-state index contributed by atoms with van der Waals surface area (Å²) in [7, 11) is 1.92. The summed E-state index contributed by atoms with van der Waals surface area (Å²) in [6.07, 6.45) is 1.59. The van der Waals surface area contributed by atoms with Gasteiger partial charge in [0, 0.05) is 28.1 Å². The van der Waals surface area contributed by atoms with E-state index in [0.29, 0.717) is 11.7 Å². The van der Waals surface area contributed by atoms with Crippen LogP contribution in [-0.4, -0.2) is 26.4 Å². The highest BCUT2D eigenvalue weighted by molar-refractivity contribution is 7.99. The molecule has 4 rings (SSSR count). The fourth-order valence-corrected chi connectivity index (χ4v) is 4.29. The first-order valence-electron chi connectivity index (χ1n) is 8.00. The Morgan fingerprint density at radius 2 is 2.15 bits per heavy atom. The Balaban J connectivity index is 1.43. The van der Waals surface area contributed by atoms with E-state index in [0.717, 1.165) is 17.1 Å². The maximum atomic E-state index is 12.0. The molecule has 132 valence electrons.